The quantitative estimate of drug-likeness (QED) is 0.352. The van der Waals surface area contributed by atoms with Crippen molar-refractivity contribution >= 4 is 11.6 Å². The van der Waals surface area contributed by atoms with Gasteiger partial charge in [0.05, 0.1) is 0 Å². The number of nitrogens with two attached hydrogens (primary N) is 1. The van der Waals surface area contributed by atoms with Crippen LogP contribution in [0, 0.1) is 0 Å². The number of aliphatic hydroxyl groups is 2. The molecule has 0 aromatic heterocycles. The molecule has 0 saturated carbocycles. The van der Waals surface area contributed by atoms with Crippen molar-refractivity contribution in [1.82, 2.24) is 5.32 Å². The van der Waals surface area contributed by atoms with E-state index in [4.69, 9.17) is 5.84 Å². The number of benzene rings is 1. The van der Waals surface area contributed by atoms with Gasteiger partial charge >= 0.3 is 0 Å². The van der Waals surface area contributed by atoms with Gasteiger partial charge in [0.15, 0.2) is 0 Å². The van der Waals surface area contributed by atoms with Crippen LogP contribution in [0.25, 0.3) is 0 Å². The van der Waals surface area contributed by atoms with Crippen LogP contribution in [0.3, 0.4) is 0 Å². The van der Waals surface area contributed by atoms with Crippen LogP contribution < -0.4 is 16.6 Å². The number of hydrogen-bond donors (Lipinski definition) is 5. The lowest BCUT2D eigenvalue weighted by Crippen LogP contribution is -2.34. The van der Waals surface area contributed by atoms with E-state index in [9.17, 15) is 15.0 Å². The molecule has 0 fully saturated rings. The molecule has 1 rings (SSSR count). The van der Waals surface area contributed by atoms with Crippen LogP contribution in [-0.4, -0.2) is 28.8 Å². The topological polar surface area (TPSA) is 108 Å². The van der Waals surface area contributed by atoms with Gasteiger partial charge in [0, 0.05) is 19.2 Å². The normalized spacial score (nSPS) is 13.9. The minimum Gasteiger partial charge on any atom is -0.388 e. The fourth-order valence-electron chi connectivity index (χ4n) is 1.36. The van der Waals surface area contributed by atoms with Gasteiger partial charge < -0.3 is 21.0 Å². The smallest absolute Gasteiger partial charge is 0.216 e. The Morgan fingerprint density at radius 3 is 2.41 bits per heavy atom. The monoisotopic (exact) mass is 239 g/mol. The zero-order chi connectivity index (χ0) is 12.8. The Kier molecular flexibility index (Phi) is 4.89. The average molecular weight is 239 g/mol. The number of carbonyl (C=O) groups excluding carboxylic acids is 1. The molecule has 0 aliphatic carbocycles. The van der Waals surface area contributed by atoms with Crippen LogP contribution in [0.5, 0.6) is 0 Å². The SMILES string of the molecule is CC(=O)NCC(O)C(O)c1ccc(NN)cc1. The second-order valence-corrected chi connectivity index (χ2v) is 3.72. The Morgan fingerprint density at radius 2 is 1.94 bits per heavy atom. The van der Waals surface area contributed by atoms with Gasteiger partial charge in [-0.1, -0.05) is 12.1 Å². The number of nitrogen functional groups attached to an aromatic ring is 1. The molecule has 6 nitrogen and oxygen atoms in total. The summed E-state index contributed by atoms with van der Waals surface area (Å²) in [4.78, 5) is 10.7. The van der Waals surface area contributed by atoms with E-state index in [0.29, 0.717) is 11.3 Å². The molecule has 6 N–H and O–H groups in total. The van der Waals surface area contributed by atoms with Crippen LogP contribution >= 0.6 is 0 Å². The number of rotatable bonds is 5. The van der Waals surface area contributed by atoms with Crippen LogP contribution in [0.2, 0.25) is 0 Å². The first-order valence-corrected chi connectivity index (χ1v) is 5.21. The standard InChI is InChI=1S/C11H17N3O3/c1-7(15)13-6-10(16)11(17)8-2-4-9(14-12)5-3-8/h2-5,10-11,14,16-17H,6,12H2,1H3,(H,13,15). The fraction of sp³-hybridized carbons (Fsp3) is 0.364. The Bertz CT molecular complexity index is 367. The number of hydrogen-bond acceptors (Lipinski definition) is 5. The Morgan fingerprint density at radius 1 is 1.35 bits per heavy atom. The van der Waals surface area contributed by atoms with Crippen molar-refractivity contribution < 1.29 is 15.0 Å². The Hall–Kier alpha value is -1.63. The Balaban J connectivity index is 2.60. The summed E-state index contributed by atoms with van der Waals surface area (Å²) in [6, 6.07) is 6.67. The van der Waals surface area contributed by atoms with Gasteiger partial charge in [-0.15, -0.1) is 0 Å². The van der Waals surface area contributed by atoms with Gasteiger partial charge in [0.2, 0.25) is 5.91 Å². The first-order valence-electron chi connectivity index (χ1n) is 5.21. The third-order valence-electron chi connectivity index (χ3n) is 2.34. The van der Waals surface area contributed by atoms with E-state index in [1.54, 1.807) is 24.3 Å². The van der Waals surface area contributed by atoms with Gasteiger partial charge in [0.1, 0.15) is 12.2 Å². The van der Waals surface area contributed by atoms with Crippen LogP contribution in [0.15, 0.2) is 24.3 Å². The van der Waals surface area contributed by atoms with Crippen molar-refractivity contribution in [3.63, 3.8) is 0 Å². The molecule has 1 amide bonds. The molecule has 1 aromatic carbocycles. The lowest BCUT2D eigenvalue weighted by atomic mass is 10.0. The number of aliphatic hydroxyl groups excluding tert-OH is 2. The first kappa shape index (κ1) is 13.4. The van der Waals surface area contributed by atoms with E-state index < -0.39 is 12.2 Å². The molecule has 0 aliphatic rings. The highest BCUT2D eigenvalue weighted by Crippen LogP contribution is 2.18. The zero-order valence-corrected chi connectivity index (χ0v) is 9.55. The molecule has 17 heavy (non-hydrogen) atoms. The molecular weight excluding hydrogens is 222 g/mol. The van der Waals surface area contributed by atoms with Gasteiger partial charge in [0.25, 0.3) is 0 Å². The Labute approximate surface area is 99.4 Å². The lowest BCUT2D eigenvalue weighted by molar-refractivity contribution is -0.119. The summed E-state index contributed by atoms with van der Waals surface area (Å²) in [7, 11) is 0. The minimum atomic E-state index is -1.05. The van der Waals surface area contributed by atoms with Crippen molar-refractivity contribution in [1.29, 1.82) is 0 Å². The second-order valence-electron chi connectivity index (χ2n) is 3.72. The summed E-state index contributed by atoms with van der Waals surface area (Å²) in [6.07, 6.45) is -2.09. The van der Waals surface area contributed by atoms with Crippen molar-refractivity contribution in [2.24, 2.45) is 5.84 Å². The van der Waals surface area contributed by atoms with E-state index in [1.165, 1.54) is 6.92 Å². The second kappa shape index (κ2) is 6.19. The van der Waals surface area contributed by atoms with Gasteiger partial charge in [-0.05, 0) is 17.7 Å². The van der Waals surface area contributed by atoms with Crippen molar-refractivity contribution in [2.75, 3.05) is 12.0 Å². The van der Waals surface area contributed by atoms with E-state index in [1.807, 2.05) is 0 Å². The predicted molar refractivity (Wildman–Crippen MR) is 63.9 cm³/mol. The maximum Gasteiger partial charge on any atom is 0.216 e. The van der Waals surface area contributed by atoms with Gasteiger partial charge in [-0.3, -0.25) is 10.6 Å². The summed E-state index contributed by atoms with van der Waals surface area (Å²) in [6.45, 7) is 1.36. The molecule has 6 heteroatoms. The number of anilines is 1. The zero-order valence-electron chi connectivity index (χ0n) is 9.55. The average Bonchev–Trinajstić information content (AvgIpc) is 2.35. The van der Waals surface area contributed by atoms with Crippen molar-refractivity contribution in [3.05, 3.63) is 29.8 Å². The molecule has 0 aliphatic heterocycles. The van der Waals surface area contributed by atoms with Gasteiger partial charge in [-0.2, -0.15) is 0 Å². The van der Waals surface area contributed by atoms with Crippen LogP contribution in [-0.2, 0) is 4.79 Å². The van der Waals surface area contributed by atoms with Crippen LogP contribution in [0.1, 0.15) is 18.6 Å². The molecule has 2 atom stereocenters. The van der Waals surface area contributed by atoms with Crippen molar-refractivity contribution in [3.8, 4) is 0 Å². The van der Waals surface area contributed by atoms with E-state index in [-0.39, 0.29) is 12.5 Å². The number of carbonyl (C=O) groups is 1. The van der Waals surface area contributed by atoms with E-state index >= 15 is 0 Å². The maximum absolute atomic E-state index is 10.7. The summed E-state index contributed by atoms with van der Waals surface area (Å²) in [5.74, 6) is 4.96. The molecule has 0 spiro atoms. The predicted octanol–water partition coefficient (Wildman–Crippen LogP) is -0.497. The minimum absolute atomic E-state index is 0.00733. The third kappa shape index (κ3) is 4.03. The molecule has 0 heterocycles. The molecule has 2 unspecified atom stereocenters. The highest BCUT2D eigenvalue weighted by molar-refractivity contribution is 5.72. The van der Waals surface area contributed by atoms with Gasteiger partial charge in [-0.25, -0.2) is 0 Å². The molecule has 94 valence electrons. The number of amides is 1. The molecular formula is C11H17N3O3. The highest BCUT2D eigenvalue weighted by atomic mass is 16.3. The number of nitrogens with one attached hydrogen (secondary N) is 2. The summed E-state index contributed by atoms with van der Waals surface area (Å²) < 4.78 is 0. The molecule has 0 radical (unpaired) electrons. The van der Waals surface area contributed by atoms with Crippen molar-refractivity contribution in [2.45, 2.75) is 19.1 Å². The van der Waals surface area contributed by atoms with E-state index in [2.05, 4.69) is 10.7 Å². The molecule has 0 saturated heterocycles. The summed E-state index contributed by atoms with van der Waals surface area (Å²) >= 11 is 0. The highest BCUT2D eigenvalue weighted by Gasteiger charge is 2.18. The molecule has 1 aromatic rings. The lowest BCUT2D eigenvalue weighted by Gasteiger charge is -2.18. The van der Waals surface area contributed by atoms with E-state index in [0.717, 1.165) is 0 Å². The van der Waals surface area contributed by atoms with Crippen LogP contribution in [0.4, 0.5) is 5.69 Å². The summed E-state index contributed by atoms with van der Waals surface area (Å²) in [5, 5.41) is 21.9. The fourth-order valence-corrected chi connectivity index (χ4v) is 1.36. The largest absolute Gasteiger partial charge is 0.388 e. The number of hydrazine groups is 1. The third-order valence-corrected chi connectivity index (χ3v) is 2.34. The first-order chi connectivity index (χ1) is 8.04. The molecule has 0 bridgehead atoms. The summed E-state index contributed by atoms with van der Waals surface area (Å²) in [5.41, 5.74) is 3.72. The maximum atomic E-state index is 10.7.